The highest BCUT2D eigenvalue weighted by atomic mass is 15.3. The summed E-state index contributed by atoms with van der Waals surface area (Å²) in [7, 11) is 5.92. The zero-order valence-corrected chi connectivity index (χ0v) is 11.7. The maximum atomic E-state index is 4.48. The van der Waals surface area contributed by atoms with E-state index in [2.05, 4.69) is 35.6 Å². The molecule has 0 fully saturated rings. The number of rotatable bonds is 4. The summed E-state index contributed by atoms with van der Waals surface area (Å²) in [6.07, 6.45) is 4.91. The van der Waals surface area contributed by atoms with E-state index >= 15 is 0 Å². The van der Waals surface area contributed by atoms with Gasteiger partial charge in [0.15, 0.2) is 0 Å². The molecular formula is C13H21N5. The van der Waals surface area contributed by atoms with E-state index in [0.29, 0.717) is 0 Å². The smallest absolute Gasteiger partial charge is 0.0644 e. The van der Waals surface area contributed by atoms with Crippen LogP contribution >= 0.6 is 0 Å². The molecule has 0 radical (unpaired) electrons. The highest BCUT2D eigenvalue weighted by molar-refractivity contribution is 5.29. The monoisotopic (exact) mass is 247 g/mol. The number of hydrogen-bond donors (Lipinski definition) is 1. The maximum Gasteiger partial charge on any atom is 0.0644 e. The van der Waals surface area contributed by atoms with Crippen molar-refractivity contribution in [3.63, 3.8) is 0 Å². The van der Waals surface area contributed by atoms with Crippen LogP contribution in [0, 0.1) is 13.8 Å². The molecule has 0 aliphatic carbocycles. The van der Waals surface area contributed by atoms with Gasteiger partial charge in [-0.2, -0.15) is 10.2 Å². The lowest BCUT2D eigenvalue weighted by atomic mass is 9.99. The van der Waals surface area contributed by atoms with Crippen molar-refractivity contribution in [2.45, 2.75) is 26.3 Å². The highest BCUT2D eigenvalue weighted by Gasteiger charge is 2.19. The van der Waals surface area contributed by atoms with Crippen molar-refractivity contribution in [1.29, 1.82) is 0 Å². The molecule has 0 bridgehead atoms. The molecule has 0 saturated heterocycles. The predicted molar refractivity (Wildman–Crippen MR) is 71.4 cm³/mol. The Morgan fingerprint density at radius 2 is 2.06 bits per heavy atom. The Kier molecular flexibility index (Phi) is 3.52. The van der Waals surface area contributed by atoms with Crippen LogP contribution in [0.1, 0.15) is 28.6 Å². The Labute approximate surface area is 108 Å². The van der Waals surface area contributed by atoms with Gasteiger partial charge in [0.2, 0.25) is 0 Å². The van der Waals surface area contributed by atoms with Crippen LogP contribution in [0.25, 0.3) is 0 Å². The fraction of sp³-hybridized carbons (Fsp3) is 0.538. The van der Waals surface area contributed by atoms with E-state index in [0.717, 1.165) is 12.1 Å². The molecule has 1 N–H and O–H groups in total. The Morgan fingerprint density at radius 1 is 1.33 bits per heavy atom. The number of nitrogens with zero attached hydrogens (tertiary/aromatic N) is 4. The van der Waals surface area contributed by atoms with Crippen LogP contribution in [0.3, 0.4) is 0 Å². The van der Waals surface area contributed by atoms with E-state index in [-0.39, 0.29) is 6.04 Å². The minimum atomic E-state index is 0.280. The summed E-state index contributed by atoms with van der Waals surface area (Å²) < 4.78 is 3.78. The Morgan fingerprint density at radius 3 is 2.50 bits per heavy atom. The largest absolute Gasteiger partial charge is 0.313 e. The standard InChI is InChI=1S/C13H21N5/c1-9-13(10(2)18(5)16-9)12(14-3)6-11-7-15-17(4)8-11/h7-8,12,14H,6H2,1-5H3. The van der Waals surface area contributed by atoms with Crippen LogP contribution in [0.2, 0.25) is 0 Å². The van der Waals surface area contributed by atoms with Crippen molar-refractivity contribution in [2.75, 3.05) is 7.05 Å². The first-order valence-electron chi connectivity index (χ1n) is 6.17. The summed E-state index contributed by atoms with van der Waals surface area (Å²) in [5.74, 6) is 0. The van der Waals surface area contributed by atoms with Gasteiger partial charge in [-0.05, 0) is 32.9 Å². The normalized spacial score (nSPS) is 12.9. The van der Waals surface area contributed by atoms with E-state index in [1.54, 1.807) is 0 Å². The topological polar surface area (TPSA) is 47.7 Å². The summed E-state index contributed by atoms with van der Waals surface area (Å²) in [6, 6.07) is 0.280. The number of aryl methyl sites for hydroxylation is 3. The first-order chi connectivity index (χ1) is 8.52. The van der Waals surface area contributed by atoms with Gasteiger partial charge in [0.05, 0.1) is 11.9 Å². The molecule has 1 unspecified atom stereocenters. The van der Waals surface area contributed by atoms with Gasteiger partial charge in [-0.25, -0.2) is 0 Å². The molecule has 2 rings (SSSR count). The van der Waals surface area contributed by atoms with E-state index in [4.69, 9.17) is 0 Å². The van der Waals surface area contributed by atoms with Crippen LogP contribution in [0.4, 0.5) is 0 Å². The number of nitrogens with one attached hydrogen (secondary N) is 1. The molecule has 0 aromatic carbocycles. The lowest BCUT2D eigenvalue weighted by molar-refractivity contribution is 0.584. The van der Waals surface area contributed by atoms with Gasteiger partial charge in [-0.1, -0.05) is 0 Å². The molecule has 2 heterocycles. The van der Waals surface area contributed by atoms with Crippen molar-refractivity contribution in [3.05, 3.63) is 34.9 Å². The molecule has 2 aromatic heterocycles. The van der Waals surface area contributed by atoms with Crippen LogP contribution in [0.5, 0.6) is 0 Å². The molecule has 1 atom stereocenters. The summed E-state index contributed by atoms with van der Waals surface area (Å²) in [5.41, 5.74) is 4.84. The van der Waals surface area contributed by atoms with Crippen LogP contribution in [-0.2, 0) is 20.5 Å². The minimum Gasteiger partial charge on any atom is -0.313 e. The van der Waals surface area contributed by atoms with E-state index in [9.17, 15) is 0 Å². The van der Waals surface area contributed by atoms with Crippen molar-refractivity contribution in [1.82, 2.24) is 24.9 Å². The minimum absolute atomic E-state index is 0.280. The molecule has 0 aliphatic rings. The second-order valence-corrected chi connectivity index (χ2v) is 4.78. The molecule has 5 heteroatoms. The Bertz CT molecular complexity index is 538. The Balaban J connectivity index is 2.28. The fourth-order valence-corrected chi connectivity index (χ4v) is 2.46. The van der Waals surface area contributed by atoms with Gasteiger partial charge in [-0.3, -0.25) is 9.36 Å². The van der Waals surface area contributed by atoms with E-state index in [1.807, 2.05) is 36.7 Å². The molecule has 5 nitrogen and oxygen atoms in total. The fourth-order valence-electron chi connectivity index (χ4n) is 2.46. The maximum absolute atomic E-state index is 4.48. The second kappa shape index (κ2) is 4.94. The number of hydrogen-bond acceptors (Lipinski definition) is 3. The lowest BCUT2D eigenvalue weighted by Gasteiger charge is -2.16. The van der Waals surface area contributed by atoms with E-state index in [1.165, 1.54) is 16.8 Å². The van der Waals surface area contributed by atoms with Crippen LogP contribution < -0.4 is 5.32 Å². The lowest BCUT2D eigenvalue weighted by Crippen LogP contribution is -2.20. The summed E-state index contributed by atoms with van der Waals surface area (Å²) in [6.45, 7) is 4.18. The van der Waals surface area contributed by atoms with Crippen LogP contribution in [0.15, 0.2) is 12.4 Å². The molecule has 98 valence electrons. The predicted octanol–water partition coefficient (Wildman–Crippen LogP) is 1.27. The zero-order chi connectivity index (χ0) is 13.3. The van der Waals surface area contributed by atoms with Gasteiger partial charge in [0, 0.05) is 37.6 Å². The molecular weight excluding hydrogens is 226 g/mol. The van der Waals surface area contributed by atoms with Crippen molar-refractivity contribution < 1.29 is 0 Å². The number of aromatic nitrogens is 4. The third kappa shape index (κ3) is 2.31. The molecule has 0 spiro atoms. The first-order valence-corrected chi connectivity index (χ1v) is 6.17. The van der Waals surface area contributed by atoms with Crippen LogP contribution in [-0.4, -0.2) is 26.6 Å². The summed E-state index contributed by atoms with van der Waals surface area (Å²) in [4.78, 5) is 0. The molecule has 0 saturated carbocycles. The van der Waals surface area contributed by atoms with Gasteiger partial charge < -0.3 is 5.32 Å². The molecule has 0 amide bonds. The zero-order valence-electron chi connectivity index (χ0n) is 11.7. The first kappa shape index (κ1) is 12.8. The molecule has 18 heavy (non-hydrogen) atoms. The molecule has 2 aromatic rings. The van der Waals surface area contributed by atoms with Crippen molar-refractivity contribution in [2.24, 2.45) is 14.1 Å². The SMILES string of the molecule is CNC(Cc1cnn(C)c1)c1c(C)nn(C)c1C. The highest BCUT2D eigenvalue weighted by Crippen LogP contribution is 2.24. The van der Waals surface area contributed by atoms with E-state index < -0.39 is 0 Å². The van der Waals surface area contributed by atoms with Gasteiger partial charge >= 0.3 is 0 Å². The second-order valence-electron chi connectivity index (χ2n) is 4.78. The van der Waals surface area contributed by atoms with Gasteiger partial charge in [-0.15, -0.1) is 0 Å². The van der Waals surface area contributed by atoms with Crippen molar-refractivity contribution in [3.8, 4) is 0 Å². The third-order valence-corrected chi connectivity index (χ3v) is 3.46. The average molecular weight is 247 g/mol. The van der Waals surface area contributed by atoms with Gasteiger partial charge in [0.25, 0.3) is 0 Å². The average Bonchev–Trinajstić information content (AvgIpc) is 2.82. The number of likely N-dealkylation sites (N-methyl/N-ethyl adjacent to an activating group) is 1. The Hall–Kier alpha value is -1.62. The van der Waals surface area contributed by atoms with Crippen molar-refractivity contribution >= 4 is 0 Å². The summed E-state index contributed by atoms with van der Waals surface area (Å²) >= 11 is 0. The summed E-state index contributed by atoms with van der Waals surface area (Å²) in [5, 5.41) is 12.1. The van der Waals surface area contributed by atoms with Gasteiger partial charge in [0.1, 0.15) is 0 Å². The quantitative estimate of drug-likeness (QED) is 0.885. The third-order valence-electron chi connectivity index (χ3n) is 3.46. The molecule has 0 aliphatic heterocycles.